The number of aliphatic hydroxyl groups is 1. The minimum absolute atomic E-state index is 0.0753. The number of allylic oxidation sites excluding steroid dienone is 4. The summed E-state index contributed by atoms with van der Waals surface area (Å²) in [6, 6.07) is 14.3. The number of carbonyl (C=O) groups excluding carboxylic acids is 3. The zero-order valence-corrected chi connectivity index (χ0v) is 23.1. The molecule has 0 fully saturated rings. The molecule has 0 saturated heterocycles. The molecule has 0 bridgehead atoms. The summed E-state index contributed by atoms with van der Waals surface area (Å²) in [6.45, 7) is 3.85. The van der Waals surface area contributed by atoms with Crippen LogP contribution in [0.4, 0.5) is 0 Å². The van der Waals surface area contributed by atoms with Crippen LogP contribution in [0.5, 0.6) is 0 Å². The second-order valence-electron chi connectivity index (χ2n) is 9.78. The number of hydrogen-bond acceptors (Lipinski definition) is 7. The number of rotatable bonds is 13. The molecule has 8 heteroatoms. The molecule has 1 amide bonds. The van der Waals surface area contributed by atoms with Gasteiger partial charge < -0.3 is 19.9 Å². The zero-order chi connectivity index (χ0) is 27.5. The van der Waals surface area contributed by atoms with Crippen molar-refractivity contribution in [2.45, 2.75) is 70.9 Å². The lowest BCUT2D eigenvalue weighted by Gasteiger charge is -2.33. The fraction of sp³-hybridized carbons (Fsp3) is 0.433. The van der Waals surface area contributed by atoms with E-state index in [0.29, 0.717) is 19.3 Å². The van der Waals surface area contributed by atoms with Gasteiger partial charge >= 0.3 is 11.9 Å². The Bertz CT molecular complexity index is 1150. The smallest absolute Gasteiger partial charge is 0.302 e. The zero-order valence-electron chi connectivity index (χ0n) is 22.3. The van der Waals surface area contributed by atoms with Crippen LogP contribution in [0.15, 0.2) is 60.2 Å². The maximum absolute atomic E-state index is 11.9. The number of aryl methyl sites for hydroxylation is 1. The van der Waals surface area contributed by atoms with Crippen LogP contribution in [0.3, 0.4) is 0 Å². The number of benzene rings is 1. The van der Waals surface area contributed by atoms with Gasteiger partial charge in [-0.15, -0.1) is 11.3 Å². The molecule has 1 aliphatic carbocycles. The minimum Gasteiger partial charge on any atom is -0.463 e. The Hall–Kier alpha value is -3.23. The van der Waals surface area contributed by atoms with Gasteiger partial charge in [-0.25, -0.2) is 0 Å². The van der Waals surface area contributed by atoms with Gasteiger partial charge in [0.25, 0.3) is 0 Å². The van der Waals surface area contributed by atoms with Crippen LogP contribution < -0.4 is 5.32 Å². The molecule has 7 nitrogen and oxygen atoms in total. The molecule has 1 unspecified atom stereocenters. The van der Waals surface area contributed by atoms with Gasteiger partial charge in [0.2, 0.25) is 5.91 Å². The highest BCUT2D eigenvalue weighted by Crippen LogP contribution is 2.36. The van der Waals surface area contributed by atoms with Crippen molar-refractivity contribution in [3.63, 3.8) is 0 Å². The van der Waals surface area contributed by atoms with Crippen LogP contribution >= 0.6 is 11.3 Å². The number of aliphatic hydroxyl groups excluding tert-OH is 1. The molecular formula is C30H37NO6S. The number of nitrogens with one attached hydrogen (secondary N) is 1. The van der Waals surface area contributed by atoms with Gasteiger partial charge in [0.05, 0.1) is 6.10 Å². The number of esters is 2. The van der Waals surface area contributed by atoms with E-state index in [4.69, 9.17) is 9.47 Å². The quantitative estimate of drug-likeness (QED) is 0.335. The first-order valence-corrected chi connectivity index (χ1v) is 13.7. The van der Waals surface area contributed by atoms with E-state index in [9.17, 15) is 19.5 Å². The van der Waals surface area contributed by atoms with E-state index in [1.165, 1.54) is 37.5 Å². The highest BCUT2D eigenvalue weighted by molar-refractivity contribution is 7.13. The first-order chi connectivity index (χ1) is 18.2. The van der Waals surface area contributed by atoms with Gasteiger partial charge in [-0.2, -0.15) is 0 Å². The summed E-state index contributed by atoms with van der Waals surface area (Å²) in [5.74, 6) is -1.22. The lowest BCUT2D eigenvalue weighted by molar-refractivity contribution is -0.150. The Kier molecular flexibility index (Phi) is 10.9. The minimum atomic E-state index is -0.994. The van der Waals surface area contributed by atoms with Crippen molar-refractivity contribution in [2.75, 3.05) is 13.2 Å². The van der Waals surface area contributed by atoms with Crippen LogP contribution in [-0.2, 0) is 30.3 Å². The molecule has 0 radical (unpaired) electrons. The van der Waals surface area contributed by atoms with Gasteiger partial charge in [-0.05, 0) is 61.8 Å². The first kappa shape index (κ1) is 29.3. The molecule has 2 aromatic rings. The normalized spacial score (nSPS) is 14.2. The Morgan fingerprint density at radius 2 is 1.63 bits per heavy atom. The number of hydrogen-bond donors (Lipinski definition) is 2. The van der Waals surface area contributed by atoms with Crippen LogP contribution in [0.2, 0.25) is 0 Å². The van der Waals surface area contributed by atoms with Crippen molar-refractivity contribution in [2.24, 2.45) is 0 Å². The largest absolute Gasteiger partial charge is 0.463 e. The van der Waals surface area contributed by atoms with Gasteiger partial charge in [0.1, 0.15) is 18.8 Å². The van der Waals surface area contributed by atoms with Crippen LogP contribution in [-0.4, -0.2) is 41.7 Å². The molecule has 38 heavy (non-hydrogen) atoms. The molecular weight excluding hydrogens is 502 g/mol. The van der Waals surface area contributed by atoms with Crippen molar-refractivity contribution < 1.29 is 29.0 Å². The average molecular weight is 540 g/mol. The highest BCUT2D eigenvalue weighted by atomic mass is 32.1. The third kappa shape index (κ3) is 9.26. The molecule has 1 aliphatic rings. The Morgan fingerprint density at radius 1 is 0.947 bits per heavy atom. The number of carbonyl (C=O) groups is 3. The first-order valence-electron chi connectivity index (χ1n) is 12.9. The fourth-order valence-electron chi connectivity index (χ4n) is 4.46. The molecule has 204 valence electrons. The van der Waals surface area contributed by atoms with E-state index in [-0.39, 0.29) is 19.1 Å². The van der Waals surface area contributed by atoms with Crippen molar-refractivity contribution in [1.82, 2.24) is 5.32 Å². The third-order valence-electron chi connectivity index (χ3n) is 6.53. The van der Waals surface area contributed by atoms with Crippen LogP contribution in [0.1, 0.15) is 74.3 Å². The molecule has 0 aliphatic heterocycles. The molecule has 1 heterocycles. The van der Waals surface area contributed by atoms with Crippen molar-refractivity contribution >= 4 is 34.8 Å². The highest BCUT2D eigenvalue weighted by Gasteiger charge is 2.34. The Labute approximate surface area is 228 Å². The van der Waals surface area contributed by atoms with Gasteiger partial charge in [-0.1, -0.05) is 48.1 Å². The van der Waals surface area contributed by atoms with Gasteiger partial charge in [0, 0.05) is 30.5 Å². The molecule has 0 saturated carbocycles. The Morgan fingerprint density at radius 3 is 2.21 bits per heavy atom. The topological polar surface area (TPSA) is 102 Å². The lowest BCUT2D eigenvalue weighted by atomic mass is 9.88. The monoisotopic (exact) mass is 539 g/mol. The van der Waals surface area contributed by atoms with E-state index < -0.39 is 23.6 Å². The predicted octanol–water partition coefficient (Wildman–Crippen LogP) is 5.30. The third-order valence-corrected chi connectivity index (χ3v) is 7.79. The Balaban J connectivity index is 1.63. The summed E-state index contributed by atoms with van der Waals surface area (Å²) in [4.78, 5) is 37.0. The second-order valence-corrected chi connectivity index (χ2v) is 10.9. The maximum atomic E-state index is 11.9. The summed E-state index contributed by atoms with van der Waals surface area (Å²) >= 11 is 1.63. The van der Waals surface area contributed by atoms with E-state index in [1.54, 1.807) is 11.3 Å². The summed E-state index contributed by atoms with van der Waals surface area (Å²) in [5, 5.41) is 13.5. The van der Waals surface area contributed by atoms with Crippen LogP contribution in [0, 0.1) is 0 Å². The van der Waals surface area contributed by atoms with E-state index in [0.717, 1.165) is 29.0 Å². The standard InChI is InChI=1S/C30H37NO6S/c1-21(32)31-30(19-36-22(2)33,20-37-23(3)34)18-17-25-9-12-26(13-10-25)28-15-16-29(38-28)27(35)14-11-24-7-5-4-6-8-24/h4-9,12,15-16,27,35H,10-11,13-14,17-20H2,1-3H3,(H,31,32). The van der Waals surface area contributed by atoms with E-state index >= 15 is 0 Å². The maximum Gasteiger partial charge on any atom is 0.302 e. The molecule has 2 N–H and O–H groups in total. The van der Waals surface area contributed by atoms with Crippen LogP contribution in [0.25, 0.3) is 5.57 Å². The summed E-state index contributed by atoms with van der Waals surface area (Å²) in [5.41, 5.74) is 2.66. The molecule has 1 aromatic heterocycles. The number of thiophene rings is 1. The molecule has 1 atom stereocenters. The average Bonchev–Trinajstić information content (AvgIpc) is 3.39. The van der Waals surface area contributed by atoms with Crippen molar-refractivity contribution in [3.05, 3.63) is 75.5 Å². The van der Waals surface area contributed by atoms with E-state index in [1.807, 2.05) is 24.3 Å². The SMILES string of the molecule is CC(=O)NC(CCC1=CC=C(c2ccc(C(O)CCc3ccccc3)s2)CC1)(COC(C)=O)COC(C)=O. The fourth-order valence-corrected chi connectivity index (χ4v) is 5.54. The summed E-state index contributed by atoms with van der Waals surface area (Å²) < 4.78 is 10.4. The van der Waals surface area contributed by atoms with Gasteiger partial charge in [0.15, 0.2) is 0 Å². The summed E-state index contributed by atoms with van der Waals surface area (Å²) in [6.07, 6.45) is 8.08. The number of amides is 1. The molecule has 3 rings (SSSR count). The van der Waals surface area contributed by atoms with Crippen molar-refractivity contribution in [1.29, 1.82) is 0 Å². The van der Waals surface area contributed by atoms with Gasteiger partial charge in [-0.3, -0.25) is 14.4 Å². The summed E-state index contributed by atoms with van der Waals surface area (Å²) in [7, 11) is 0. The number of ether oxygens (including phenoxy) is 2. The lowest BCUT2D eigenvalue weighted by Crippen LogP contribution is -2.55. The van der Waals surface area contributed by atoms with Crippen molar-refractivity contribution in [3.8, 4) is 0 Å². The molecule has 1 aromatic carbocycles. The second kappa shape index (κ2) is 14.1. The molecule has 0 spiro atoms. The van der Waals surface area contributed by atoms with E-state index in [2.05, 4.69) is 35.7 Å². The predicted molar refractivity (Wildman–Crippen MR) is 148 cm³/mol.